The van der Waals surface area contributed by atoms with Gasteiger partial charge in [0.25, 0.3) is 5.56 Å². The highest BCUT2D eigenvalue weighted by Crippen LogP contribution is 2.19. The molecule has 9 heteroatoms. The van der Waals surface area contributed by atoms with Crippen molar-refractivity contribution >= 4 is 11.9 Å². The number of aromatic amines is 2. The molecule has 4 N–H and O–H groups in total. The minimum absolute atomic E-state index is 0.0148. The average molecular weight is 365 g/mol. The first-order valence-corrected chi connectivity index (χ1v) is 8.72. The molecule has 2 aromatic heterocycles. The van der Waals surface area contributed by atoms with E-state index in [1.54, 1.807) is 4.90 Å². The maximum atomic E-state index is 12.5. The molecule has 0 spiro atoms. The quantitative estimate of drug-likeness (QED) is 0.622. The molecule has 0 saturated heterocycles. The standard InChI is InChI=1S/C18H19N7O2/c19-18-21-14(23-24-18)6-7-15(26)25-9-8-12-13(10-25)20-16(22-17(12)27)11-4-2-1-3-5-11/h1-5H,6-10H2,(H,20,22,27)(H3,19,21,23,24). The zero-order valence-corrected chi connectivity index (χ0v) is 14.6. The summed E-state index contributed by atoms with van der Waals surface area (Å²) < 4.78 is 0. The number of aromatic nitrogens is 5. The number of H-pyrrole nitrogens is 2. The Morgan fingerprint density at radius 3 is 2.78 bits per heavy atom. The highest BCUT2D eigenvalue weighted by molar-refractivity contribution is 5.76. The van der Waals surface area contributed by atoms with Gasteiger partial charge in [0.1, 0.15) is 11.6 Å². The Hall–Kier alpha value is -3.49. The predicted octanol–water partition coefficient (Wildman–Crippen LogP) is 0.655. The van der Waals surface area contributed by atoms with E-state index in [0.29, 0.717) is 55.3 Å². The zero-order valence-electron chi connectivity index (χ0n) is 14.6. The summed E-state index contributed by atoms with van der Waals surface area (Å²) in [6.45, 7) is 0.830. The van der Waals surface area contributed by atoms with Crippen LogP contribution in [0.1, 0.15) is 23.5 Å². The number of carbonyl (C=O) groups excluding carboxylic acids is 1. The van der Waals surface area contributed by atoms with Crippen LogP contribution in [-0.2, 0) is 24.2 Å². The summed E-state index contributed by atoms with van der Waals surface area (Å²) in [5.74, 6) is 1.25. The van der Waals surface area contributed by atoms with Crippen molar-refractivity contribution < 1.29 is 4.79 Å². The first-order chi connectivity index (χ1) is 13.1. The second kappa shape index (κ2) is 7.02. The number of fused-ring (bicyclic) bond motifs is 1. The minimum Gasteiger partial charge on any atom is -0.367 e. The predicted molar refractivity (Wildman–Crippen MR) is 98.5 cm³/mol. The van der Waals surface area contributed by atoms with E-state index >= 15 is 0 Å². The summed E-state index contributed by atoms with van der Waals surface area (Å²) in [4.78, 5) is 38.1. The van der Waals surface area contributed by atoms with Crippen LogP contribution in [0.4, 0.5) is 5.95 Å². The van der Waals surface area contributed by atoms with Crippen LogP contribution >= 0.6 is 0 Å². The van der Waals surface area contributed by atoms with E-state index in [9.17, 15) is 9.59 Å². The number of benzene rings is 1. The van der Waals surface area contributed by atoms with E-state index in [-0.39, 0.29) is 17.4 Å². The number of anilines is 1. The topological polar surface area (TPSA) is 134 Å². The van der Waals surface area contributed by atoms with Gasteiger partial charge in [0.2, 0.25) is 11.9 Å². The molecule has 138 valence electrons. The third kappa shape index (κ3) is 3.57. The van der Waals surface area contributed by atoms with Crippen LogP contribution in [0.25, 0.3) is 11.4 Å². The van der Waals surface area contributed by atoms with Gasteiger partial charge < -0.3 is 15.6 Å². The van der Waals surface area contributed by atoms with Crippen molar-refractivity contribution in [3.8, 4) is 11.4 Å². The number of nitrogens with two attached hydrogens (primary N) is 1. The van der Waals surface area contributed by atoms with Gasteiger partial charge in [-0.3, -0.25) is 14.7 Å². The highest BCUT2D eigenvalue weighted by atomic mass is 16.2. The van der Waals surface area contributed by atoms with Gasteiger partial charge in [-0.25, -0.2) is 4.98 Å². The van der Waals surface area contributed by atoms with Crippen molar-refractivity contribution in [2.24, 2.45) is 0 Å². The molecule has 9 nitrogen and oxygen atoms in total. The molecule has 4 rings (SSSR count). The smallest absolute Gasteiger partial charge is 0.254 e. The third-order valence-corrected chi connectivity index (χ3v) is 4.60. The summed E-state index contributed by atoms with van der Waals surface area (Å²) >= 11 is 0. The van der Waals surface area contributed by atoms with Gasteiger partial charge in [0.05, 0.1) is 12.2 Å². The monoisotopic (exact) mass is 365 g/mol. The van der Waals surface area contributed by atoms with Gasteiger partial charge in [-0.2, -0.15) is 4.98 Å². The molecule has 1 aliphatic rings. The lowest BCUT2D eigenvalue weighted by molar-refractivity contribution is -0.132. The largest absolute Gasteiger partial charge is 0.367 e. The summed E-state index contributed by atoms with van der Waals surface area (Å²) in [5, 5.41) is 6.45. The molecule has 1 aliphatic heterocycles. The van der Waals surface area contributed by atoms with Gasteiger partial charge >= 0.3 is 0 Å². The molecule has 27 heavy (non-hydrogen) atoms. The molecule has 3 heterocycles. The number of rotatable bonds is 4. The fraction of sp³-hybridized carbons (Fsp3) is 0.278. The summed E-state index contributed by atoms with van der Waals surface area (Å²) in [5.41, 5.74) is 7.48. The second-order valence-corrected chi connectivity index (χ2v) is 6.41. The Morgan fingerprint density at radius 1 is 1.22 bits per heavy atom. The number of hydrogen-bond donors (Lipinski definition) is 3. The van der Waals surface area contributed by atoms with E-state index < -0.39 is 0 Å². The molecule has 0 unspecified atom stereocenters. The fourth-order valence-corrected chi connectivity index (χ4v) is 3.19. The number of amides is 1. The fourth-order valence-electron chi connectivity index (χ4n) is 3.19. The van der Waals surface area contributed by atoms with E-state index in [4.69, 9.17) is 5.73 Å². The lowest BCUT2D eigenvalue weighted by Gasteiger charge is -2.28. The van der Waals surface area contributed by atoms with E-state index in [0.717, 1.165) is 5.56 Å². The van der Waals surface area contributed by atoms with Crippen molar-refractivity contribution in [3.05, 3.63) is 57.8 Å². The van der Waals surface area contributed by atoms with Gasteiger partial charge in [-0.15, -0.1) is 5.10 Å². The molecule has 0 bridgehead atoms. The Kier molecular flexibility index (Phi) is 4.41. The van der Waals surface area contributed by atoms with Crippen molar-refractivity contribution in [3.63, 3.8) is 0 Å². The Bertz CT molecular complexity index is 1030. The van der Waals surface area contributed by atoms with Crippen LogP contribution in [0.3, 0.4) is 0 Å². The summed E-state index contributed by atoms with van der Waals surface area (Å²) in [6.07, 6.45) is 1.22. The molecular weight excluding hydrogens is 346 g/mol. The van der Waals surface area contributed by atoms with Gasteiger partial charge in [0.15, 0.2) is 0 Å². The van der Waals surface area contributed by atoms with Crippen LogP contribution < -0.4 is 11.3 Å². The molecule has 0 fully saturated rings. The number of nitrogens with zero attached hydrogens (tertiary/aromatic N) is 4. The zero-order chi connectivity index (χ0) is 18.8. The van der Waals surface area contributed by atoms with Crippen LogP contribution in [0.2, 0.25) is 0 Å². The van der Waals surface area contributed by atoms with Crippen molar-refractivity contribution in [1.29, 1.82) is 0 Å². The Morgan fingerprint density at radius 2 is 2.04 bits per heavy atom. The number of hydrogen-bond acceptors (Lipinski definition) is 6. The normalized spacial score (nSPS) is 13.4. The first kappa shape index (κ1) is 17.0. The minimum atomic E-state index is -0.136. The van der Waals surface area contributed by atoms with Crippen LogP contribution in [0.15, 0.2) is 35.1 Å². The Labute approximate surface area is 154 Å². The highest BCUT2D eigenvalue weighted by Gasteiger charge is 2.24. The molecule has 0 atom stereocenters. The van der Waals surface area contributed by atoms with Crippen molar-refractivity contribution in [1.82, 2.24) is 30.0 Å². The maximum Gasteiger partial charge on any atom is 0.254 e. The number of carbonyl (C=O) groups is 1. The van der Waals surface area contributed by atoms with E-state index in [1.807, 2.05) is 30.3 Å². The van der Waals surface area contributed by atoms with Gasteiger partial charge in [-0.1, -0.05) is 30.3 Å². The maximum absolute atomic E-state index is 12.5. The lowest BCUT2D eigenvalue weighted by atomic mass is 10.1. The van der Waals surface area contributed by atoms with Crippen molar-refractivity contribution in [2.45, 2.75) is 25.8 Å². The van der Waals surface area contributed by atoms with Crippen LogP contribution in [0, 0.1) is 0 Å². The lowest BCUT2D eigenvalue weighted by Crippen LogP contribution is -2.39. The molecule has 1 aromatic carbocycles. The molecular formula is C18H19N7O2. The molecule has 0 aliphatic carbocycles. The number of aryl methyl sites for hydroxylation is 1. The molecule has 0 radical (unpaired) electrons. The van der Waals surface area contributed by atoms with Gasteiger partial charge in [-0.05, 0) is 6.42 Å². The van der Waals surface area contributed by atoms with Gasteiger partial charge in [0, 0.05) is 30.5 Å². The molecule has 3 aromatic rings. The van der Waals surface area contributed by atoms with E-state index in [2.05, 4.69) is 25.1 Å². The third-order valence-electron chi connectivity index (χ3n) is 4.60. The SMILES string of the molecule is Nc1n[nH]c(CCC(=O)N2CCc3c(nc(-c4ccccc4)[nH]c3=O)C2)n1. The second-order valence-electron chi connectivity index (χ2n) is 6.41. The van der Waals surface area contributed by atoms with Crippen molar-refractivity contribution in [2.75, 3.05) is 12.3 Å². The van der Waals surface area contributed by atoms with E-state index in [1.165, 1.54) is 0 Å². The molecule has 1 amide bonds. The first-order valence-electron chi connectivity index (χ1n) is 8.72. The average Bonchev–Trinajstić information content (AvgIpc) is 3.11. The number of nitrogens with one attached hydrogen (secondary N) is 2. The van der Waals surface area contributed by atoms with Crippen LogP contribution in [0.5, 0.6) is 0 Å². The van der Waals surface area contributed by atoms with Crippen LogP contribution in [-0.4, -0.2) is 42.5 Å². The summed E-state index contributed by atoms with van der Waals surface area (Å²) in [6, 6.07) is 9.46. The Balaban J connectivity index is 1.50. The molecule has 0 saturated carbocycles. The summed E-state index contributed by atoms with van der Waals surface area (Å²) in [7, 11) is 0. The number of nitrogen functional groups attached to an aromatic ring is 1.